The third kappa shape index (κ3) is 3.15. The van der Waals surface area contributed by atoms with Gasteiger partial charge in [-0.05, 0) is 37.0 Å². The molecule has 5 unspecified atom stereocenters. The molecule has 0 radical (unpaired) electrons. The van der Waals surface area contributed by atoms with Crippen LogP contribution in [-0.4, -0.2) is 22.8 Å². The van der Waals surface area contributed by atoms with Crippen LogP contribution in [0.4, 0.5) is 0 Å². The van der Waals surface area contributed by atoms with Crippen molar-refractivity contribution in [2.75, 3.05) is 14.2 Å². The Morgan fingerprint density at radius 2 is 1.45 bits per heavy atom. The van der Waals surface area contributed by atoms with E-state index in [4.69, 9.17) is 8.85 Å². The Labute approximate surface area is 126 Å². The molecule has 2 fully saturated rings. The summed E-state index contributed by atoms with van der Waals surface area (Å²) in [6, 6.07) is 0. The maximum atomic E-state index is 6.25. The van der Waals surface area contributed by atoms with Gasteiger partial charge in [0, 0.05) is 25.3 Å². The lowest BCUT2D eigenvalue weighted by Crippen LogP contribution is -2.53. The van der Waals surface area contributed by atoms with E-state index in [1.165, 1.54) is 44.9 Å². The molecule has 2 rings (SSSR count). The SMILES string of the molecule is CO[Si](OC)(C1CCCC(C)C1)C1CC(C)CCC1C. The maximum absolute atomic E-state index is 6.25. The number of rotatable bonds is 4. The molecule has 0 aromatic rings. The highest BCUT2D eigenvalue weighted by Gasteiger charge is 2.54. The molecule has 0 aromatic carbocycles. The van der Waals surface area contributed by atoms with Crippen LogP contribution in [0, 0.1) is 17.8 Å². The quantitative estimate of drug-likeness (QED) is 0.670. The molecule has 0 saturated heterocycles. The Bertz CT molecular complexity index is 303. The van der Waals surface area contributed by atoms with Gasteiger partial charge in [-0.15, -0.1) is 0 Å². The minimum absolute atomic E-state index is 0.691. The zero-order chi connectivity index (χ0) is 14.8. The molecular formula is C17H34O2Si. The molecule has 0 amide bonds. The molecule has 2 saturated carbocycles. The van der Waals surface area contributed by atoms with Gasteiger partial charge in [-0.1, -0.05) is 46.5 Å². The van der Waals surface area contributed by atoms with E-state index < -0.39 is 8.56 Å². The molecule has 2 aliphatic carbocycles. The summed E-state index contributed by atoms with van der Waals surface area (Å²) in [6.45, 7) is 7.25. The van der Waals surface area contributed by atoms with Gasteiger partial charge in [0.05, 0.1) is 0 Å². The zero-order valence-corrected chi connectivity index (χ0v) is 15.2. The summed E-state index contributed by atoms with van der Waals surface area (Å²) in [5, 5.41) is 0. The van der Waals surface area contributed by atoms with E-state index in [2.05, 4.69) is 20.8 Å². The summed E-state index contributed by atoms with van der Waals surface area (Å²) in [5.41, 5.74) is 1.40. The van der Waals surface area contributed by atoms with Crippen LogP contribution in [0.3, 0.4) is 0 Å². The van der Waals surface area contributed by atoms with Crippen LogP contribution in [-0.2, 0) is 8.85 Å². The minimum Gasteiger partial charge on any atom is -0.397 e. The van der Waals surface area contributed by atoms with Gasteiger partial charge >= 0.3 is 8.56 Å². The highest BCUT2D eigenvalue weighted by Crippen LogP contribution is 2.52. The summed E-state index contributed by atoms with van der Waals surface area (Å²) in [7, 11) is 1.77. The molecule has 0 heterocycles. The topological polar surface area (TPSA) is 18.5 Å². The Morgan fingerprint density at radius 3 is 2.05 bits per heavy atom. The fraction of sp³-hybridized carbons (Fsp3) is 1.00. The number of hydrogen-bond acceptors (Lipinski definition) is 2. The molecule has 0 aliphatic heterocycles. The van der Waals surface area contributed by atoms with E-state index in [0.717, 1.165) is 17.8 Å². The monoisotopic (exact) mass is 298 g/mol. The molecule has 2 nitrogen and oxygen atoms in total. The Kier molecular flexibility index (Phi) is 5.72. The van der Waals surface area contributed by atoms with Crippen molar-refractivity contribution < 1.29 is 8.85 Å². The average Bonchev–Trinajstić information content (AvgIpc) is 2.45. The second kappa shape index (κ2) is 6.93. The third-order valence-electron chi connectivity index (χ3n) is 6.12. The molecule has 118 valence electrons. The van der Waals surface area contributed by atoms with E-state index in [9.17, 15) is 0 Å². The first-order valence-electron chi connectivity index (χ1n) is 8.63. The second-order valence-corrected chi connectivity index (χ2v) is 11.4. The van der Waals surface area contributed by atoms with Gasteiger partial charge in [0.1, 0.15) is 0 Å². The second-order valence-electron chi connectivity index (χ2n) is 7.60. The Hall–Kier alpha value is 0.137. The van der Waals surface area contributed by atoms with Crippen molar-refractivity contribution in [1.82, 2.24) is 0 Å². The van der Waals surface area contributed by atoms with Gasteiger partial charge in [-0.25, -0.2) is 0 Å². The summed E-state index contributed by atoms with van der Waals surface area (Å²) in [4.78, 5) is 0. The van der Waals surface area contributed by atoms with E-state index in [0.29, 0.717) is 11.1 Å². The van der Waals surface area contributed by atoms with Gasteiger partial charge in [-0.2, -0.15) is 0 Å². The maximum Gasteiger partial charge on any atom is 0.344 e. The molecular weight excluding hydrogens is 264 g/mol. The predicted octanol–water partition coefficient (Wildman–Crippen LogP) is 5.13. The van der Waals surface area contributed by atoms with Gasteiger partial charge < -0.3 is 8.85 Å². The van der Waals surface area contributed by atoms with Gasteiger partial charge in [0.25, 0.3) is 0 Å². The molecule has 0 aromatic heterocycles. The molecule has 20 heavy (non-hydrogen) atoms. The van der Waals surface area contributed by atoms with Crippen molar-refractivity contribution in [1.29, 1.82) is 0 Å². The third-order valence-corrected chi connectivity index (χ3v) is 10.9. The first-order chi connectivity index (χ1) is 9.53. The van der Waals surface area contributed by atoms with Crippen molar-refractivity contribution >= 4 is 8.56 Å². The van der Waals surface area contributed by atoms with Crippen LogP contribution in [0.1, 0.15) is 65.7 Å². The fourth-order valence-corrected chi connectivity index (χ4v) is 9.99. The van der Waals surface area contributed by atoms with Crippen LogP contribution < -0.4 is 0 Å². The highest BCUT2D eigenvalue weighted by molar-refractivity contribution is 6.70. The van der Waals surface area contributed by atoms with E-state index >= 15 is 0 Å². The summed E-state index contributed by atoms with van der Waals surface area (Å²) in [6.07, 6.45) is 9.47. The van der Waals surface area contributed by atoms with Crippen LogP contribution in [0.2, 0.25) is 11.1 Å². The molecule has 2 aliphatic rings. The largest absolute Gasteiger partial charge is 0.397 e. The standard InChI is InChI=1S/C17H34O2Si/c1-13-7-6-8-16(11-13)20(18-4,19-5)17-12-14(2)9-10-15(17)3/h13-17H,6-12H2,1-5H3. The van der Waals surface area contributed by atoms with Crippen molar-refractivity contribution in [2.24, 2.45) is 17.8 Å². The number of hydrogen-bond donors (Lipinski definition) is 0. The molecule has 3 heteroatoms. The van der Waals surface area contributed by atoms with Crippen molar-refractivity contribution in [2.45, 2.75) is 76.8 Å². The smallest absolute Gasteiger partial charge is 0.344 e. The van der Waals surface area contributed by atoms with E-state index in [-0.39, 0.29) is 0 Å². The highest BCUT2D eigenvalue weighted by atomic mass is 28.4. The molecule has 0 bridgehead atoms. The fourth-order valence-electron chi connectivity index (χ4n) is 4.91. The van der Waals surface area contributed by atoms with E-state index in [1.807, 2.05) is 14.2 Å². The lowest BCUT2D eigenvalue weighted by molar-refractivity contribution is 0.161. The van der Waals surface area contributed by atoms with Gasteiger partial charge in [-0.3, -0.25) is 0 Å². The van der Waals surface area contributed by atoms with Crippen molar-refractivity contribution in [3.05, 3.63) is 0 Å². The van der Waals surface area contributed by atoms with Crippen LogP contribution in [0.15, 0.2) is 0 Å². The van der Waals surface area contributed by atoms with Crippen LogP contribution in [0.5, 0.6) is 0 Å². The lowest BCUT2D eigenvalue weighted by atomic mass is 9.83. The molecule has 0 N–H and O–H groups in total. The first-order valence-corrected chi connectivity index (χ1v) is 10.6. The van der Waals surface area contributed by atoms with Crippen molar-refractivity contribution in [3.8, 4) is 0 Å². The Balaban J connectivity index is 2.22. The van der Waals surface area contributed by atoms with Gasteiger partial charge in [0.2, 0.25) is 0 Å². The normalized spacial score (nSPS) is 39.8. The predicted molar refractivity (Wildman–Crippen MR) is 87.1 cm³/mol. The van der Waals surface area contributed by atoms with Crippen LogP contribution >= 0.6 is 0 Å². The first kappa shape index (κ1) is 16.5. The van der Waals surface area contributed by atoms with E-state index in [1.54, 1.807) is 0 Å². The summed E-state index contributed by atoms with van der Waals surface area (Å²) in [5.74, 6) is 2.46. The van der Waals surface area contributed by atoms with Crippen LogP contribution in [0.25, 0.3) is 0 Å². The summed E-state index contributed by atoms with van der Waals surface area (Å²) < 4.78 is 12.5. The van der Waals surface area contributed by atoms with Gasteiger partial charge in [0.15, 0.2) is 0 Å². The lowest BCUT2D eigenvalue weighted by Gasteiger charge is -2.48. The average molecular weight is 299 g/mol. The minimum atomic E-state index is -2.09. The molecule has 5 atom stereocenters. The zero-order valence-electron chi connectivity index (χ0n) is 14.2. The molecule has 0 spiro atoms. The van der Waals surface area contributed by atoms with Crippen molar-refractivity contribution in [3.63, 3.8) is 0 Å². The Morgan fingerprint density at radius 1 is 0.800 bits per heavy atom. The summed E-state index contributed by atoms with van der Waals surface area (Å²) >= 11 is 0.